The number of nitrogens with two attached hydrogens (primary N) is 1. The molecule has 0 fully saturated rings. The van der Waals surface area contributed by atoms with Crippen molar-refractivity contribution >= 4 is 0 Å². The van der Waals surface area contributed by atoms with E-state index in [4.69, 9.17) is 5.73 Å². The molecule has 0 saturated carbocycles. The van der Waals surface area contributed by atoms with Crippen molar-refractivity contribution < 1.29 is 9.50 Å². The average molecular weight is 181 g/mol. The van der Waals surface area contributed by atoms with Crippen molar-refractivity contribution in [2.75, 3.05) is 0 Å². The van der Waals surface area contributed by atoms with Crippen LogP contribution < -0.4 is 5.73 Å². The number of benzene rings is 1. The second-order valence-corrected chi connectivity index (χ2v) is 2.87. The molecular formula is C10H12FNO. The predicted molar refractivity (Wildman–Crippen MR) is 49.9 cm³/mol. The third-order valence-corrected chi connectivity index (χ3v) is 2.01. The molecule has 0 bridgehead atoms. The van der Waals surface area contributed by atoms with Crippen LogP contribution in [0.5, 0.6) is 5.75 Å². The Morgan fingerprint density at radius 3 is 2.77 bits per heavy atom. The molecule has 2 nitrogen and oxygen atoms in total. The van der Waals surface area contributed by atoms with E-state index in [-0.39, 0.29) is 11.3 Å². The van der Waals surface area contributed by atoms with Gasteiger partial charge in [-0.05, 0) is 13.0 Å². The van der Waals surface area contributed by atoms with E-state index in [2.05, 4.69) is 6.58 Å². The molecule has 3 heteroatoms. The molecule has 1 atom stereocenters. The van der Waals surface area contributed by atoms with E-state index in [1.165, 1.54) is 25.1 Å². The molecule has 0 spiro atoms. The fourth-order valence-corrected chi connectivity index (χ4v) is 1.09. The Morgan fingerprint density at radius 1 is 1.62 bits per heavy atom. The highest BCUT2D eigenvalue weighted by Crippen LogP contribution is 2.28. The van der Waals surface area contributed by atoms with Crippen LogP contribution in [0.2, 0.25) is 0 Å². The summed E-state index contributed by atoms with van der Waals surface area (Å²) in [6.45, 7) is 5.00. The van der Waals surface area contributed by atoms with Gasteiger partial charge in [-0.1, -0.05) is 12.1 Å². The molecule has 0 aliphatic heterocycles. The quantitative estimate of drug-likeness (QED) is 0.686. The van der Waals surface area contributed by atoms with Crippen LogP contribution in [0.1, 0.15) is 17.2 Å². The van der Waals surface area contributed by atoms with E-state index in [0.717, 1.165) is 0 Å². The highest BCUT2D eigenvalue weighted by atomic mass is 19.1. The maximum atomic E-state index is 12.9. The van der Waals surface area contributed by atoms with Crippen molar-refractivity contribution in [3.8, 4) is 5.75 Å². The largest absolute Gasteiger partial charge is 0.507 e. The van der Waals surface area contributed by atoms with E-state index in [0.29, 0.717) is 5.56 Å². The van der Waals surface area contributed by atoms with Crippen molar-refractivity contribution in [3.05, 3.63) is 41.7 Å². The first-order valence-electron chi connectivity index (χ1n) is 3.94. The van der Waals surface area contributed by atoms with Gasteiger partial charge in [-0.25, -0.2) is 4.39 Å². The van der Waals surface area contributed by atoms with Gasteiger partial charge < -0.3 is 10.8 Å². The second kappa shape index (κ2) is 3.58. The number of hydrogen-bond donors (Lipinski definition) is 2. The fraction of sp³-hybridized carbons (Fsp3) is 0.200. The molecule has 1 aromatic carbocycles. The summed E-state index contributed by atoms with van der Waals surface area (Å²) < 4.78 is 12.9. The second-order valence-electron chi connectivity index (χ2n) is 2.87. The lowest BCUT2D eigenvalue weighted by Crippen LogP contribution is -2.07. The van der Waals surface area contributed by atoms with Crippen molar-refractivity contribution in [2.45, 2.75) is 13.0 Å². The zero-order valence-corrected chi connectivity index (χ0v) is 7.42. The third-order valence-electron chi connectivity index (χ3n) is 2.01. The van der Waals surface area contributed by atoms with E-state index >= 15 is 0 Å². The van der Waals surface area contributed by atoms with Gasteiger partial charge in [0.2, 0.25) is 0 Å². The number of phenolic OH excluding ortho intramolecular Hbond substituents is 1. The summed E-state index contributed by atoms with van der Waals surface area (Å²) in [7, 11) is 0. The summed E-state index contributed by atoms with van der Waals surface area (Å²) in [5.41, 5.74) is 6.33. The Morgan fingerprint density at radius 2 is 2.23 bits per heavy atom. The Bertz CT molecular complexity index is 336. The molecule has 0 saturated heterocycles. The van der Waals surface area contributed by atoms with Gasteiger partial charge in [-0.3, -0.25) is 0 Å². The predicted octanol–water partition coefficient (Wildman–Crippen LogP) is 2.03. The molecule has 70 valence electrons. The van der Waals surface area contributed by atoms with Crippen LogP contribution in [0.15, 0.2) is 24.8 Å². The van der Waals surface area contributed by atoms with Gasteiger partial charge in [-0.2, -0.15) is 0 Å². The Labute approximate surface area is 76.5 Å². The lowest BCUT2D eigenvalue weighted by atomic mass is 10.0. The van der Waals surface area contributed by atoms with Crippen LogP contribution in [0, 0.1) is 12.7 Å². The van der Waals surface area contributed by atoms with Crippen LogP contribution in [-0.2, 0) is 0 Å². The molecule has 13 heavy (non-hydrogen) atoms. The van der Waals surface area contributed by atoms with Gasteiger partial charge in [0, 0.05) is 11.1 Å². The number of phenols is 1. The minimum atomic E-state index is -0.459. The lowest BCUT2D eigenvalue weighted by molar-refractivity contribution is 0.453. The SMILES string of the molecule is C=C[C@H](N)c1ccc(F)c(C)c1O. The smallest absolute Gasteiger partial charge is 0.129 e. The Balaban J connectivity index is 3.25. The van der Waals surface area contributed by atoms with Crippen LogP contribution >= 0.6 is 0 Å². The molecular weight excluding hydrogens is 169 g/mol. The van der Waals surface area contributed by atoms with Crippen molar-refractivity contribution in [1.82, 2.24) is 0 Å². The first kappa shape index (κ1) is 9.74. The summed E-state index contributed by atoms with van der Waals surface area (Å²) in [6.07, 6.45) is 1.49. The number of rotatable bonds is 2. The van der Waals surface area contributed by atoms with Gasteiger partial charge in [0.25, 0.3) is 0 Å². The zero-order valence-electron chi connectivity index (χ0n) is 7.42. The number of halogens is 1. The maximum Gasteiger partial charge on any atom is 0.129 e. The minimum absolute atomic E-state index is 0.0904. The molecule has 0 unspecified atom stereocenters. The lowest BCUT2D eigenvalue weighted by Gasteiger charge is -2.11. The van der Waals surface area contributed by atoms with E-state index in [1.807, 2.05) is 0 Å². The highest BCUT2D eigenvalue weighted by molar-refractivity contribution is 5.43. The number of hydrogen-bond acceptors (Lipinski definition) is 2. The Kier molecular flexibility index (Phi) is 2.68. The summed E-state index contributed by atoms with van der Waals surface area (Å²) >= 11 is 0. The van der Waals surface area contributed by atoms with Gasteiger partial charge in [0.1, 0.15) is 11.6 Å². The monoisotopic (exact) mass is 181 g/mol. The van der Waals surface area contributed by atoms with E-state index < -0.39 is 11.9 Å². The molecule has 0 aliphatic rings. The highest BCUT2D eigenvalue weighted by Gasteiger charge is 2.12. The zero-order chi connectivity index (χ0) is 10.0. The van der Waals surface area contributed by atoms with Gasteiger partial charge in [0.05, 0.1) is 6.04 Å². The molecule has 0 aromatic heterocycles. The van der Waals surface area contributed by atoms with E-state index in [9.17, 15) is 9.50 Å². The van der Waals surface area contributed by atoms with Gasteiger partial charge in [0.15, 0.2) is 0 Å². The molecule has 1 rings (SSSR count). The normalized spacial score (nSPS) is 12.5. The molecule has 0 aliphatic carbocycles. The molecule has 0 amide bonds. The van der Waals surface area contributed by atoms with E-state index in [1.54, 1.807) is 0 Å². The van der Waals surface area contributed by atoms with Crippen LogP contribution in [0.3, 0.4) is 0 Å². The van der Waals surface area contributed by atoms with Gasteiger partial charge >= 0.3 is 0 Å². The average Bonchev–Trinajstić information content (AvgIpc) is 2.13. The first-order valence-corrected chi connectivity index (χ1v) is 3.94. The molecule has 3 N–H and O–H groups in total. The topological polar surface area (TPSA) is 46.2 Å². The van der Waals surface area contributed by atoms with Crippen molar-refractivity contribution in [3.63, 3.8) is 0 Å². The van der Waals surface area contributed by atoms with Gasteiger partial charge in [-0.15, -0.1) is 6.58 Å². The van der Waals surface area contributed by atoms with Crippen LogP contribution in [0.4, 0.5) is 4.39 Å². The number of aromatic hydroxyl groups is 1. The molecule has 1 aromatic rings. The third kappa shape index (κ3) is 1.70. The summed E-state index contributed by atoms with van der Waals surface area (Å²) in [4.78, 5) is 0. The standard InChI is InChI=1S/C10H12FNO/c1-3-9(12)7-4-5-8(11)6(2)10(7)13/h3-5,9,13H,1,12H2,2H3/t9-/m0/s1. The summed E-state index contributed by atoms with van der Waals surface area (Å²) in [6, 6.07) is 2.29. The van der Waals surface area contributed by atoms with Crippen LogP contribution in [-0.4, -0.2) is 5.11 Å². The maximum absolute atomic E-state index is 12.9. The van der Waals surface area contributed by atoms with Crippen LogP contribution in [0.25, 0.3) is 0 Å². The first-order chi connectivity index (χ1) is 6.07. The Hall–Kier alpha value is -1.35. The summed E-state index contributed by atoms with van der Waals surface area (Å²) in [5.74, 6) is -0.523. The fourth-order valence-electron chi connectivity index (χ4n) is 1.09. The molecule has 0 radical (unpaired) electrons. The van der Waals surface area contributed by atoms with Crippen molar-refractivity contribution in [2.24, 2.45) is 5.73 Å². The molecule has 0 heterocycles. The minimum Gasteiger partial charge on any atom is -0.507 e. The summed E-state index contributed by atoms with van der Waals surface area (Å²) in [5, 5.41) is 9.51. The van der Waals surface area contributed by atoms with Crippen molar-refractivity contribution in [1.29, 1.82) is 0 Å².